The minimum Gasteiger partial charge on any atom is -0.398 e. The van der Waals surface area contributed by atoms with E-state index in [1.54, 1.807) is 6.92 Å². The van der Waals surface area contributed by atoms with Crippen LogP contribution in [-0.2, 0) is 0 Å². The molecule has 1 amide bonds. The maximum Gasteiger partial charge on any atom is 0.259 e. The zero-order valence-electron chi connectivity index (χ0n) is 11.4. The molecule has 5 heteroatoms. The van der Waals surface area contributed by atoms with E-state index in [0.717, 1.165) is 6.07 Å². The molecule has 0 aliphatic carbocycles. The number of amides is 1. The monoisotopic (exact) mass is 288 g/mol. The van der Waals surface area contributed by atoms with E-state index in [-0.39, 0.29) is 16.8 Å². The number of nitrogen functional groups attached to an aromatic ring is 1. The smallest absolute Gasteiger partial charge is 0.259 e. The number of carbonyl (C=O) groups excluding carboxylic acids is 1. The Morgan fingerprint density at radius 2 is 1.71 bits per heavy atom. The van der Waals surface area contributed by atoms with Gasteiger partial charge in [0.1, 0.15) is 11.6 Å². The molecule has 0 bridgehead atoms. The highest BCUT2D eigenvalue weighted by Gasteiger charge is 2.19. The van der Waals surface area contributed by atoms with Gasteiger partial charge in [-0.05, 0) is 48.9 Å². The van der Waals surface area contributed by atoms with E-state index in [4.69, 9.17) is 5.73 Å². The average molecular weight is 288 g/mol. The third-order valence-corrected chi connectivity index (χ3v) is 2.94. The van der Waals surface area contributed by atoms with Crippen LogP contribution in [0.3, 0.4) is 0 Å². The van der Waals surface area contributed by atoms with Gasteiger partial charge >= 0.3 is 0 Å². The molecule has 0 aliphatic heterocycles. The van der Waals surface area contributed by atoms with Gasteiger partial charge < -0.3 is 11.1 Å². The summed E-state index contributed by atoms with van der Waals surface area (Å²) in [7, 11) is 0. The number of allylic oxidation sites excluding steroid dienone is 1. The average Bonchev–Trinajstić information content (AvgIpc) is 2.43. The molecule has 108 valence electrons. The molecular weight excluding hydrogens is 274 g/mol. The van der Waals surface area contributed by atoms with Gasteiger partial charge in [-0.3, -0.25) is 4.79 Å². The van der Waals surface area contributed by atoms with Gasteiger partial charge in [0.2, 0.25) is 0 Å². The van der Waals surface area contributed by atoms with E-state index in [0.29, 0.717) is 11.3 Å². The molecule has 2 aromatic rings. The van der Waals surface area contributed by atoms with Crippen LogP contribution in [0.1, 0.15) is 22.8 Å². The van der Waals surface area contributed by atoms with Gasteiger partial charge in [-0.2, -0.15) is 0 Å². The van der Waals surface area contributed by atoms with Gasteiger partial charge in [-0.15, -0.1) is 0 Å². The minimum absolute atomic E-state index is 0.174. The van der Waals surface area contributed by atoms with Crippen molar-refractivity contribution in [2.45, 2.75) is 6.92 Å². The molecule has 2 rings (SSSR count). The second-order valence-corrected chi connectivity index (χ2v) is 4.63. The highest BCUT2D eigenvalue weighted by atomic mass is 19.1. The van der Waals surface area contributed by atoms with E-state index in [2.05, 4.69) is 11.9 Å². The van der Waals surface area contributed by atoms with Crippen molar-refractivity contribution < 1.29 is 13.6 Å². The lowest BCUT2D eigenvalue weighted by atomic mass is 9.98. The molecule has 2 aromatic carbocycles. The van der Waals surface area contributed by atoms with Crippen molar-refractivity contribution in [3.63, 3.8) is 0 Å². The third-order valence-electron chi connectivity index (χ3n) is 2.94. The third kappa shape index (κ3) is 3.08. The SMILES string of the molecule is C=C(C)c1c(N)ccc(F)c1C(=O)Nc1ccc(F)cc1. The number of benzene rings is 2. The minimum atomic E-state index is -0.693. The van der Waals surface area contributed by atoms with Crippen LogP contribution in [0.5, 0.6) is 0 Å². The van der Waals surface area contributed by atoms with Gasteiger partial charge in [0, 0.05) is 16.9 Å². The molecule has 0 radical (unpaired) electrons. The highest BCUT2D eigenvalue weighted by Crippen LogP contribution is 2.27. The van der Waals surface area contributed by atoms with Crippen molar-refractivity contribution in [1.29, 1.82) is 0 Å². The Morgan fingerprint density at radius 1 is 1.10 bits per heavy atom. The van der Waals surface area contributed by atoms with Crippen molar-refractivity contribution in [3.8, 4) is 0 Å². The normalized spacial score (nSPS) is 10.2. The van der Waals surface area contributed by atoms with Gasteiger partial charge in [-0.1, -0.05) is 6.58 Å². The van der Waals surface area contributed by atoms with Gasteiger partial charge in [-0.25, -0.2) is 8.78 Å². The maximum atomic E-state index is 14.0. The second-order valence-electron chi connectivity index (χ2n) is 4.63. The number of rotatable bonds is 3. The summed E-state index contributed by atoms with van der Waals surface area (Å²) in [5.74, 6) is -1.78. The largest absolute Gasteiger partial charge is 0.398 e. The van der Waals surface area contributed by atoms with Crippen LogP contribution < -0.4 is 11.1 Å². The topological polar surface area (TPSA) is 55.1 Å². The summed E-state index contributed by atoms with van der Waals surface area (Å²) in [6, 6.07) is 7.68. The van der Waals surface area contributed by atoms with E-state index in [9.17, 15) is 13.6 Å². The summed E-state index contributed by atoms with van der Waals surface area (Å²) >= 11 is 0. The van der Waals surface area contributed by atoms with Crippen LogP contribution in [-0.4, -0.2) is 5.91 Å². The van der Waals surface area contributed by atoms with Gasteiger partial charge in [0.25, 0.3) is 5.91 Å². The summed E-state index contributed by atoms with van der Waals surface area (Å²) in [6.07, 6.45) is 0. The number of halogens is 2. The first-order valence-electron chi connectivity index (χ1n) is 6.21. The molecule has 0 saturated carbocycles. The van der Waals surface area contributed by atoms with Crippen molar-refractivity contribution >= 4 is 22.9 Å². The molecular formula is C16H14F2N2O. The summed E-state index contributed by atoms with van der Waals surface area (Å²) in [5.41, 5.74) is 7.00. The van der Waals surface area contributed by atoms with E-state index in [1.807, 2.05) is 0 Å². The van der Waals surface area contributed by atoms with Gasteiger partial charge in [0.05, 0.1) is 5.56 Å². The summed E-state index contributed by atoms with van der Waals surface area (Å²) in [4.78, 5) is 12.3. The Hall–Kier alpha value is -2.69. The number of hydrogen-bond donors (Lipinski definition) is 2. The lowest BCUT2D eigenvalue weighted by molar-refractivity contribution is 0.102. The molecule has 21 heavy (non-hydrogen) atoms. The standard InChI is InChI=1S/C16H14F2N2O/c1-9(2)14-13(19)8-7-12(18)15(14)16(21)20-11-5-3-10(17)4-6-11/h3-8H,1,19H2,2H3,(H,20,21). The molecule has 0 spiro atoms. The molecule has 0 atom stereocenters. The van der Waals surface area contributed by atoms with Crippen LogP contribution >= 0.6 is 0 Å². The van der Waals surface area contributed by atoms with Crippen LogP contribution in [0.25, 0.3) is 5.57 Å². The van der Waals surface area contributed by atoms with E-state index in [1.165, 1.54) is 30.3 Å². The van der Waals surface area contributed by atoms with Gasteiger partial charge in [0.15, 0.2) is 0 Å². The summed E-state index contributed by atoms with van der Waals surface area (Å²) in [6.45, 7) is 5.35. The summed E-state index contributed by atoms with van der Waals surface area (Å²) < 4.78 is 26.8. The van der Waals surface area contributed by atoms with Crippen molar-refractivity contribution in [2.75, 3.05) is 11.1 Å². The first-order chi connectivity index (χ1) is 9.90. The van der Waals surface area contributed by atoms with Crippen molar-refractivity contribution in [2.24, 2.45) is 0 Å². The Morgan fingerprint density at radius 3 is 2.29 bits per heavy atom. The molecule has 0 heterocycles. The lowest BCUT2D eigenvalue weighted by Gasteiger charge is -2.13. The molecule has 0 fully saturated rings. The fourth-order valence-electron chi connectivity index (χ4n) is 2.00. The Labute approximate surface area is 121 Å². The number of nitrogens with one attached hydrogen (secondary N) is 1. The Bertz CT molecular complexity index is 709. The van der Waals surface area contributed by atoms with Crippen molar-refractivity contribution in [3.05, 3.63) is 65.7 Å². The highest BCUT2D eigenvalue weighted by molar-refractivity contribution is 6.08. The number of carbonyl (C=O) groups is 1. The molecule has 0 aromatic heterocycles. The molecule has 0 aliphatic rings. The fraction of sp³-hybridized carbons (Fsp3) is 0.0625. The van der Waals surface area contributed by atoms with Crippen molar-refractivity contribution in [1.82, 2.24) is 0 Å². The molecule has 0 unspecified atom stereocenters. The zero-order chi connectivity index (χ0) is 15.6. The predicted molar refractivity (Wildman–Crippen MR) is 79.9 cm³/mol. The van der Waals surface area contributed by atoms with Crippen LogP contribution in [0, 0.1) is 11.6 Å². The quantitative estimate of drug-likeness (QED) is 0.843. The molecule has 0 saturated heterocycles. The number of hydrogen-bond acceptors (Lipinski definition) is 2. The molecule has 3 nitrogen and oxygen atoms in total. The first-order valence-corrected chi connectivity index (χ1v) is 6.21. The zero-order valence-corrected chi connectivity index (χ0v) is 11.4. The summed E-state index contributed by atoms with van der Waals surface area (Å²) in [5, 5.41) is 2.51. The van der Waals surface area contributed by atoms with Crippen LogP contribution in [0.15, 0.2) is 43.0 Å². The van der Waals surface area contributed by atoms with E-state index >= 15 is 0 Å². The lowest BCUT2D eigenvalue weighted by Crippen LogP contribution is -2.17. The number of nitrogens with two attached hydrogens (primary N) is 1. The molecule has 3 N–H and O–H groups in total. The van der Waals surface area contributed by atoms with Crippen LogP contribution in [0.4, 0.5) is 20.2 Å². The Kier molecular flexibility index (Phi) is 4.03. The first kappa shape index (κ1) is 14.7. The second kappa shape index (κ2) is 5.75. The number of anilines is 2. The predicted octanol–water partition coefficient (Wildman–Crippen LogP) is 3.83. The fourth-order valence-corrected chi connectivity index (χ4v) is 2.00. The van der Waals surface area contributed by atoms with Crippen LogP contribution in [0.2, 0.25) is 0 Å². The maximum absolute atomic E-state index is 14.0. The van der Waals surface area contributed by atoms with E-state index < -0.39 is 17.5 Å². The Balaban J connectivity index is 2.41.